The van der Waals surface area contributed by atoms with Crippen LogP contribution in [0.4, 0.5) is 22.9 Å². The molecule has 0 spiro atoms. The molecule has 0 amide bonds. The van der Waals surface area contributed by atoms with Gasteiger partial charge in [-0.05, 0) is 79.4 Å². The Balaban J connectivity index is 1.43. The van der Waals surface area contributed by atoms with Crippen LogP contribution in [0.1, 0.15) is 48.2 Å². The maximum absolute atomic E-state index is 10.6. The van der Waals surface area contributed by atoms with Crippen LogP contribution in [-0.2, 0) is 6.42 Å². The lowest BCUT2D eigenvalue weighted by Gasteiger charge is -2.40. The number of aliphatic imine (C=N–C) groups is 2. The Labute approximate surface area is 250 Å². The first-order chi connectivity index (χ1) is 21.0. The van der Waals surface area contributed by atoms with Gasteiger partial charge in [-0.15, -0.1) is 0 Å². The average molecular weight is 569 g/mol. The molecule has 0 saturated carbocycles. The van der Waals surface area contributed by atoms with E-state index >= 15 is 0 Å². The zero-order valence-corrected chi connectivity index (χ0v) is 24.1. The van der Waals surface area contributed by atoms with Crippen molar-refractivity contribution in [3.8, 4) is 17.2 Å². The molecule has 3 heterocycles. The van der Waals surface area contributed by atoms with Crippen LogP contribution in [-0.4, -0.2) is 31.7 Å². The van der Waals surface area contributed by atoms with Crippen molar-refractivity contribution in [2.24, 2.45) is 9.98 Å². The van der Waals surface area contributed by atoms with Gasteiger partial charge in [0.2, 0.25) is 0 Å². The van der Waals surface area contributed by atoms with Crippen LogP contribution < -0.4 is 10.2 Å². The maximum atomic E-state index is 10.6. The normalized spacial score (nSPS) is 15.2. The largest absolute Gasteiger partial charge is 0.504 e. The molecule has 1 unspecified atom stereocenters. The fourth-order valence-corrected chi connectivity index (χ4v) is 5.85. The Kier molecular flexibility index (Phi) is 6.66. The van der Waals surface area contributed by atoms with Crippen molar-refractivity contribution in [1.29, 1.82) is 0 Å². The topological polar surface area (TPSA) is 98.3 Å². The lowest BCUT2D eigenvalue weighted by Crippen LogP contribution is -2.46. The van der Waals surface area contributed by atoms with E-state index in [-0.39, 0.29) is 11.5 Å². The third kappa shape index (κ3) is 4.70. The van der Waals surface area contributed by atoms with Gasteiger partial charge in [0.25, 0.3) is 0 Å². The Morgan fingerprint density at radius 2 is 1.60 bits per heavy atom. The molecule has 1 atom stereocenters. The van der Waals surface area contributed by atoms with E-state index in [0.717, 1.165) is 58.8 Å². The Morgan fingerprint density at radius 1 is 0.837 bits per heavy atom. The molecular formula is C35H32N6O2. The van der Waals surface area contributed by atoms with Crippen molar-refractivity contribution in [3.63, 3.8) is 0 Å². The van der Waals surface area contributed by atoms with Gasteiger partial charge in [0.05, 0.1) is 28.8 Å². The van der Waals surface area contributed by atoms with Crippen molar-refractivity contribution >= 4 is 34.6 Å². The summed E-state index contributed by atoms with van der Waals surface area (Å²) in [5.41, 5.74) is 7.31. The first-order valence-electron chi connectivity index (χ1n) is 14.6. The van der Waals surface area contributed by atoms with Gasteiger partial charge >= 0.3 is 0 Å². The molecule has 4 aromatic carbocycles. The average Bonchev–Trinajstić information content (AvgIpc) is 3.37. The van der Waals surface area contributed by atoms with Gasteiger partial charge in [0.1, 0.15) is 0 Å². The standard InChI is InChI=1S/C35H32N6O2/c1-3-4-10-23-15-18-25(19-16-23)36-33-35-38-34-31(22(2)39-41(34)26-11-6-5-7-12-26)32(24-17-20-29(42)30(43)21-24)40(35)28-14-9-8-13-27(28)37-33/h5-9,11-21,32,42-43H,3-4,10H2,1-2H3,(H,36,37). The number of nitrogens with one attached hydrogen (secondary N) is 1. The van der Waals surface area contributed by atoms with Crippen LogP contribution in [0.3, 0.4) is 0 Å². The number of anilines is 2. The monoisotopic (exact) mass is 568 g/mol. The lowest BCUT2D eigenvalue weighted by atomic mass is 9.93. The molecule has 0 fully saturated rings. The van der Waals surface area contributed by atoms with Crippen molar-refractivity contribution in [2.75, 3.05) is 10.2 Å². The summed E-state index contributed by atoms with van der Waals surface area (Å²) in [6, 6.07) is 31.0. The zero-order valence-electron chi connectivity index (χ0n) is 24.1. The Morgan fingerprint density at radius 3 is 2.37 bits per heavy atom. The molecule has 8 nitrogen and oxygen atoms in total. The molecule has 0 bridgehead atoms. The van der Waals surface area contributed by atoms with Crippen molar-refractivity contribution in [3.05, 3.63) is 119 Å². The molecule has 0 radical (unpaired) electrons. The van der Waals surface area contributed by atoms with Crippen molar-refractivity contribution in [1.82, 2.24) is 9.78 Å². The van der Waals surface area contributed by atoms with E-state index in [1.165, 1.54) is 11.6 Å². The van der Waals surface area contributed by atoms with Gasteiger partial charge in [-0.25, -0.2) is 14.7 Å². The Bertz CT molecular complexity index is 1870. The highest BCUT2D eigenvalue weighted by Crippen LogP contribution is 2.49. The van der Waals surface area contributed by atoms with E-state index in [2.05, 4.69) is 41.4 Å². The predicted octanol–water partition coefficient (Wildman–Crippen LogP) is 7.73. The third-order valence-corrected chi connectivity index (χ3v) is 7.99. The number of para-hydroxylation sites is 3. The van der Waals surface area contributed by atoms with Crippen LogP contribution in [0, 0.1) is 6.92 Å². The molecule has 8 heteroatoms. The van der Waals surface area contributed by atoms with Crippen LogP contribution in [0.15, 0.2) is 107 Å². The fraction of sp³-hybridized carbons (Fsp3) is 0.171. The number of nitrogens with zero attached hydrogens (tertiary/aromatic N) is 5. The second-order valence-electron chi connectivity index (χ2n) is 10.9. The fourth-order valence-electron chi connectivity index (χ4n) is 5.85. The third-order valence-electron chi connectivity index (χ3n) is 7.99. The maximum Gasteiger partial charge on any atom is 0.179 e. The van der Waals surface area contributed by atoms with E-state index in [4.69, 9.17) is 15.1 Å². The number of unbranched alkanes of at least 4 members (excludes halogenated alkanes) is 1. The lowest BCUT2D eigenvalue weighted by molar-refractivity contribution is 0.403. The summed E-state index contributed by atoms with van der Waals surface area (Å²) < 4.78 is 1.86. The number of aromatic hydroxyl groups is 2. The first kappa shape index (κ1) is 26.5. The van der Waals surface area contributed by atoms with Gasteiger partial charge < -0.3 is 20.4 Å². The number of fused-ring (bicyclic) bond motifs is 4. The molecule has 2 aliphatic rings. The van der Waals surface area contributed by atoms with Gasteiger partial charge in [0, 0.05) is 11.3 Å². The number of aryl methyl sites for hydroxylation is 2. The SMILES string of the molecule is CCCCc1ccc(NC2=Nc3ccccc3N3C2=Nc2c(c(C)nn2-c2ccccc2)C3c2ccc(O)c(O)c2)cc1. The number of aromatic nitrogens is 2. The quantitative estimate of drug-likeness (QED) is 0.182. The van der Waals surface area contributed by atoms with Gasteiger partial charge in [-0.2, -0.15) is 5.10 Å². The molecule has 0 saturated heterocycles. The van der Waals surface area contributed by atoms with Crippen LogP contribution >= 0.6 is 0 Å². The highest BCUT2D eigenvalue weighted by Gasteiger charge is 2.41. The van der Waals surface area contributed by atoms with Gasteiger partial charge in [-0.1, -0.05) is 61.9 Å². The zero-order chi connectivity index (χ0) is 29.5. The minimum atomic E-state index is -0.406. The van der Waals surface area contributed by atoms with Gasteiger partial charge in [0.15, 0.2) is 29.0 Å². The molecule has 43 heavy (non-hydrogen) atoms. The molecule has 5 aromatic rings. The number of phenols is 2. The van der Waals surface area contributed by atoms with Gasteiger partial charge in [-0.3, -0.25) is 0 Å². The number of hydrogen-bond acceptors (Lipinski definition) is 7. The first-order valence-corrected chi connectivity index (χ1v) is 14.6. The van der Waals surface area contributed by atoms with E-state index in [0.29, 0.717) is 17.5 Å². The summed E-state index contributed by atoms with van der Waals surface area (Å²) in [5.74, 6) is 1.58. The summed E-state index contributed by atoms with van der Waals surface area (Å²) in [4.78, 5) is 12.5. The van der Waals surface area contributed by atoms with Crippen molar-refractivity contribution in [2.45, 2.75) is 39.2 Å². The predicted molar refractivity (Wildman–Crippen MR) is 172 cm³/mol. The molecule has 1 aromatic heterocycles. The summed E-state index contributed by atoms with van der Waals surface area (Å²) in [7, 11) is 0. The summed E-state index contributed by atoms with van der Waals surface area (Å²) in [5, 5.41) is 29.3. The number of hydrogen-bond donors (Lipinski definition) is 3. The van der Waals surface area contributed by atoms with Crippen LogP contribution in [0.5, 0.6) is 11.5 Å². The van der Waals surface area contributed by atoms with Crippen molar-refractivity contribution < 1.29 is 10.2 Å². The van der Waals surface area contributed by atoms with E-state index < -0.39 is 6.04 Å². The highest BCUT2D eigenvalue weighted by atomic mass is 16.3. The summed E-state index contributed by atoms with van der Waals surface area (Å²) in [6.45, 7) is 4.18. The summed E-state index contributed by atoms with van der Waals surface area (Å²) >= 11 is 0. The second-order valence-corrected chi connectivity index (χ2v) is 10.9. The number of benzene rings is 4. The Hall–Kier alpha value is -5.37. The molecule has 0 aliphatic carbocycles. The van der Waals surface area contributed by atoms with Crippen LogP contribution in [0.2, 0.25) is 0 Å². The molecule has 7 rings (SSSR count). The summed E-state index contributed by atoms with van der Waals surface area (Å²) in [6.07, 6.45) is 3.37. The minimum Gasteiger partial charge on any atom is -0.504 e. The second kappa shape index (κ2) is 10.8. The van der Waals surface area contributed by atoms with E-state index in [9.17, 15) is 10.2 Å². The number of rotatable bonds is 6. The molecule has 2 aliphatic heterocycles. The molecular weight excluding hydrogens is 536 g/mol. The van der Waals surface area contributed by atoms with E-state index in [1.807, 2.05) is 72.3 Å². The highest BCUT2D eigenvalue weighted by molar-refractivity contribution is 6.51. The minimum absolute atomic E-state index is 0.171. The van der Waals surface area contributed by atoms with E-state index in [1.54, 1.807) is 6.07 Å². The smallest absolute Gasteiger partial charge is 0.179 e. The number of amidine groups is 2. The molecule has 3 N–H and O–H groups in total. The number of phenolic OH excluding ortho intramolecular Hbond substituents is 2. The van der Waals surface area contributed by atoms with Crippen LogP contribution in [0.25, 0.3) is 5.69 Å². The molecule has 214 valence electrons.